The fraction of sp³-hybridized carbons (Fsp3) is 0.750. The van der Waals surface area contributed by atoms with Crippen molar-refractivity contribution in [2.24, 2.45) is 11.8 Å². The fourth-order valence-electron chi connectivity index (χ4n) is 1.21. The van der Waals surface area contributed by atoms with E-state index >= 15 is 0 Å². The molecule has 72 valence electrons. The Morgan fingerprint density at radius 3 is 1.85 bits per heavy atom. The molecule has 0 fully saturated rings. The Bertz CT molecular complexity index is 167. The molecule has 0 heterocycles. The number of carbonyl (C=O) groups is 2. The van der Waals surface area contributed by atoms with Crippen LogP contribution in [0.3, 0.4) is 0 Å². The van der Waals surface area contributed by atoms with Gasteiger partial charge in [-0.3, -0.25) is 9.59 Å². The molecule has 13 heavy (non-hydrogen) atoms. The summed E-state index contributed by atoms with van der Waals surface area (Å²) >= 11 is 0. The number of aliphatic carboxylic acids is 2. The topological polar surface area (TPSA) is 74.6 Å². The van der Waals surface area contributed by atoms with Crippen molar-refractivity contribution in [1.29, 1.82) is 0 Å². The molecular weight excluding hydrogens is 183 g/mol. The molecule has 0 saturated carbocycles. The third kappa shape index (κ3) is 5.29. The van der Waals surface area contributed by atoms with E-state index in [0.717, 1.165) is 6.42 Å². The minimum atomic E-state index is -1.26. The van der Waals surface area contributed by atoms with Gasteiger partial charge in [0, 0.05) is 0 Å². The Morgan fingerprint density at radius 2 is 1.62 bits per heavy atom. The van der Waals surface area contributed by atoms with E-state index in [2.05, 4.69) is 0 Å². The van der Waals surface area contributed by atoms with Crippen LogP contribution in [0, 0.1) is 11.8 Å². The molecule has 0 aromatic heterocycles. The van der Waals surface area contributed by atoms with E-state index in [0.29, 0.717) is 6.42 Å². The van der Waals surface area contributed by atoms with Gasteiger partial charge in [-0.1, -0.05) is 20.3 Å². The fourth-order valence-corrected chi connectivity index (χ4v) is 1.21. The first-order valence-electron chi connectivity index (χ1n) is 3.96. The molecule has 0 aromatic carbocycles. The number of rotatable bonds is 5. The van der Waals surface area contributed by atoms with Crippen LogP contribution in [0.1, 0.15) is 26.7 Å². The molecule has 0 aliphatic carbocycles. The number of carboxylic acids is 2. The summed E-state index contributed by atoms with van der Waals surface area (Å²) in [7, 11) is 0. The molecule has 0 aliphatic rings. The van der Waals surface area contributed by atoms with Crippen molar-refractivity contribution in [3.63, 3.8) is 0 Å². The molecule has 0 aliphatic heterocycles. The van der Waals surface area contributed by atoms with E-state index in [1.165, 1.54) is 0 Å². The van der Waals surface area contributed by atoms with Crippen molar-refractivity contribution in [2.75, 3.05) is 0 Å². The molecule has 0 saturated heterocycles. The third-order valence-electron chi connectivity index (χ3n) is 1.85. The zero-order valence-electron chi connectivity index (χ0n) is 7.28. The molecule has 0 rings (SSSR count). The molecular formula is C8H15NaO4. The predicted molar refractivity (Wildman–Crippen MR) is 50.0 cm³/mol. The van der Waals surface area contributed by atoms with E-state index < -0.39 is 17.9 Å². The van der Waals surface area contributed by atoms with Crippen molar-refractivity contribution in [1.82, 2.24) is 0 Å². The summed E-state index contributed by atoms with van der Waals surface area (Å²) in [5.74, 6) is -4.05. The molecule has 1 atom stereocenters. The molecule has 0 bridgehead atoms. The standard InChI is InChI=1S/C8H14O4.Na.H/c1-3-4-5(2)6(7(9)10)8(11)12;;/h5-6H,3-4H2,1-2H3,(H,9,10)(H,11,12);;. The summed E-state index contributed by atoms with van der Waals surface area (Å²) < 4.78 is 0. The van der Waals surface area contributed by atoms with Gasteiger partial charge in [0.2, 0.25) is 0 Å². The van der Waals surface area contributed by atoms with Crippen LogP contribution in [0.25, 0.3) is 0 Å². The van der Waals surface area contributed by atoms with Crippen molar-refractivity contribution < 1.29 is 19.8 Å². The van der Waals surface area contributed by atoms with Crippen molar-refractivity contribution in [3.8, 4) is 0 Å². The van der Waals surface area contributed by atoms with Gasteiger partial charge in [0.05, 0.1) is 0 Å². The molecule has 0 spiro atoms. The van der Waals surface area contributed by atoms with Crippen molar-refractivity contribution in [2.45, 2.75) is 26.7 Å². The maximum absolute atomic E-state index is 10.5. The Hall–Kier alpha value is -0.0600. The summed E-state index contributed by atoms with van der Waals surface area (Å²) in [5.41, 5.74) is 0. The van der Waals surface area contributed by atoms with Crippen LogP contribution in [0.5, 0.6) is 0 Å². The second-order valence-electron chi connectivity index (χ2n) is 2.92. The monoisotopic (exact) mass is 198 g/mol. The summed E-state index contributed by atoms with van der Waals surface area (Å²) in [4.78, 5) is 21.0. The molecule has 0 radical (unpaired) electrons. The Morgan fingerprint density at radius 1 is 1.23 bits per heavy atom. The maximum atomic E-state index is 10.5. The average Bonchev–Trinajstić information content (AvgIpc) is 1.85. The zero-order valence-corrected chi connectivity index (χ0v) is 7.28. The Kier molecular flexibility index (Phi) is 8.72. The summed E-state index contributed by atoms with van der Waals surface area (Å²) in [6.07, 6.45) is 1.43. The molecule has 2 N–H and O–H groups in total. The first-order chi connectivity index (χ1) is 5.50. The third-order valence-corrected chi connectivity index (χ3v) is 1.85. The predicted octanol–water partition coefficient (Wildman–Crippen LogP) is 0.559. The van der Waals surface area contributed by atoms with Crippen molar-refractivity contribution >= 4 is 41.5 Å². The van der Waals surface area contributed by atoms with E-state index in [-0.39, 0.29) is 35.5 Å². The van der Waals surface area contributed by atoms with Gasteiger partial charge in [-0.15, -0.1) is 0 Å². The number of hydrogen-bond donors (Lipinski definition) is 2. The zero-order chi connectivity index (χ0) is 9.72. The Labute approximate surface area is 99.6 Å². The van der Waals surface area contributed by atoms with Crippen LogP contribution in [-0.4, -0.2) is 51.7 Å². The Balaban J connectivity index is 0. The minimum absolute atomic E-state index is 0. The molecule has 4 nitrogen and oxygen atoms in total. The quantitative estimate of drug-likeness (QED) is 0.500. The molecule has 1 unspecified atom stereocenters. The average molecular weight is 198 g/mol. The van der Waals surface area contributed by atoms with Crippen LogP contribution >= 0.6 is 0 Å². The molecule has 0 amide bonds. The van der Waals surface area contributed by atoms with E-state index in [1.54, 1.807) is 6.92 Å². The van der Waals surface area contributed by atoms with Gasteiger partial charge in [-0.2, -0.15) is 0 Å². The van der Waals surface area contributed by atoms with Gasteiger partial charge >= 0.3 is 41.5 Å². The van der Waals surface area contributed by atoms with E-state index in [4.69, 9.17) is 10.2 Å². The van der Waals surface area contributed by atoms with E-state index in [1.807, 2.05) is 6.92 Å². The van der Waals surface area contributed by atoms with Crippen LogP contribution < -0.4 is 0 Å². The van der Waals surface area contributed by atoms with Crippen LogP contribution in [0.2, 0.25) is 0 Å². The number of hydrogen-bond acceptors (Lipinski definition) is 2. The molecule has 0 aromatic rings. The van der Waals surface area contributed by atoms with Crippen LogP contribution in [-0.2, 0) is 9.59 Å². The summed E-state index contributed by atoms with van der Waals surface area (Å²) in [6, 6.07) is 0. The SMILES string of the molecule is CCCC(C)C(C(=O)O)C(=O)O.[NaH]. The van der Waals surface area contributed by atoms with Gasteiger partial charge < -0.3 is 10.2 Å². The summed E-state index contributed by atoms with van der Waals surface area (Å²) in [5, 5.41) is 17.1. The van der Waals surface area contributed by atoms with Gasteiger partial charge in [0.1, 0.15) is 0 Å². The first-order valence-corrected chi connectivity index (χ1v) is 3.96. The van der Waals surface area contributed by atoms with Gasteiger partial charge in [-0.25, -0.2) is 0 Å². The first kappa shape index (κ1) is 15.4. The molecule has 5 heteroatoms. The van der Waals surface area contributed by atoms with Crippen LogP contribution in [0.4, 0.5) is 0 Å². The number of carboxylic acid groups (broad SMARTS) is 2. The van der Waals surface area contributed by atoms with E-state index in [9.17, 15) is 9.59 Å². The van der Waals surface area contributed by atoms with Gasteiger partial charge in [0.25, 0.3) is 0 Å². The second-order valence-corrected chi connectivity index (χ2v) is 2.92. The van der Waals surface area contributed by atoms with Crippen molar-refractivity contribution in [3.05, 3.63) is 0 Å². The van der Waals surface area contributed by atoms with Gasteiger partial charge in [0.15, 0.2) is 5.92 Å². The summed E-state index contributed by atoms with van der Waals surface area (Å²) in [6.45, 7) is 3.55. The van der Waals surface area contributed by atoms with Gasteiger partial charge in [-0.05, 0) is 12.3 Å². The normalized spacial score (nSPS) is 11.9. The van der Waals surface area contributed by atoms with Crippen LogP contribution in [0.15, 0.2) is 0 Å². The second kappa shape index (κ2) is 7.35.